The zero-order chi connectivity index (χ0) is 20.2. The van der Waals surface area contributed by atoms with Gasteiger partial charge in [0.15, 0.2) is 5.82 Å². The molecule has 2 aliphatic carbocycles. The smallest absolute Gasteiger partial charge is 0.261 e. The Morgan fingerprint density at radius 3 is 2.93 bits per heavy atom. The van der Waals surface area contributed by atoms with E-state index in [1.165, 1.54) is 0 Å². The molecule has 1 unspecified atom stereocenters. The predicted molar refractivity (Wildman–Crippen MR) is 110 cm³/mol. The van der Waals surface area contributed by atoms with Crippen LogP contribution in [-0.2, 0) is 12.8 Å². The van der Waals surface area contributed by atoms with Crippen molar-refractivity contribution in [1.82, 2.24) is 14.8 Å². The molecule has 7 nitrogen and oxygen atoms in total. The fraction of sp³-hybridized carbons (Fsp3) is 0.409. The Labute approximate surface area is 168 Å². The average molecular weight is 389 g/mol. The number of nitriles is 1. The van der Waals surface area contributed by atoms with Crippen LogP contribution < -0.4 is 10.9 Å². The molecule has 2 aliphatic rings. The fourth-order valence-electron chi connectivity index (χ4n) is 4.53. The Morgan fingerprint density at radius 1 is 1.38 bits per heavy atom. The van der Waals surface area contributed by atoms with Gasteiger partial charge in [0.1, 0.15) is 5.39 Å². The van der Waals surface area contributed by atoms with E-state index in [0.29, 0.717) is 36.4 Å². The van der Waals surface area contributed by atoms with Gasteiger partial charge in [0.2, 0.25) is 0 Å². The first-order valence-electron chi connectivity index (χ1n) is 10.0. The lowest BCUT2D eigenvalue weighted by molar-refractivity contribution is 0.0719. The molecule has 3 N–H and O–H groups in total. The monoisotopic (exact) mass is 389 g/mol. The molecule has 2 atom stereocenters. The minimum absolute atomic E-state index is 0.0185. The quantitative estimate of drug-likeness (QED) is 0.621. The molecule has 1 aromatic carbocycles. The molecular formula is C22H23N5O2. The number of hydrogen-bond acceptors (Lipinski definition) is 5. The molecule has 2 heterocycles. The number of aromatic amines is 1. The second-order valence-electron chi connectivity index (χ2n) is 8.59. The summed E-state index contributed by atoms with van der Waals surface area (Å²) in [6.45, 7) is 1.85. The first kappa shape index (κ1) is 18.0. The third-order valence-corrected chi connectivity index (χ3v) is 6.02. The van der Waals surface area contributed by atoms with Crippen LogP contribution in [0.2, 0.25) is 0 Å². The van der Waals surface area contributed by atoms with Crippen LogP contribution in [0.15, 0.2) is 35.3 Å². The number of fused-ring (bicyclic) bond motifs is 2. The van der Waals surface area contributed by atoms with Crippen molar-refractivity contribution in [3.63, 3.8) is 0 Å². The number of rotatable bonds is 5. The molecule has 29 heavy (non-hydrogen) atoms. The van der Waals surface area contributed by atoms with Crippen LogP contribution >= 0.6 is 0 Å². The highest BCUT2D eigenvalue weighted by atomic mass is 16.3. The van der Waals surface area contributed by atoms with Crippen molar-refractivity contribution in [3.05, 3.63) is 51.9 Å². The third-order valence-electron chi connectivity index (χ3n) is 6.02. The lowest BCUT2D eigenvalue weighted by atomic mass is 10.0. The summed E-state index contributed by atoms with van der Waals surface area (Å²) >= 11 is 0. The largest absolute Gasteiger partial charge is 0.389 e. The van der Waals surface area contributed by atoms with E-state index in [-0.39, 0.29) is 11.6 Å². The maximum atomic E-state index is 12.6. The molecule has 0 spiro atoms. The number of anilines is 2. The molecule has 0 radical (unpaired) electrons. The molecule has 0 saturated heterocycles. The summed E-state index contributed by atoms with van der Waals surface area (Å²) in [6.07, 6.45) is 5.44. The molecule has 148 valence electrons. The summed E-state index contributed by atoms with van der Waals surface area (Å²) in [7, 11) is 0. The predicted octanol–water partition coefficient (Wildman–Crippen LogP) is 3.18. The molecule has 0 amide bonds. The first-order valence-corrected chi connectivity index (χ1v) is 10.0. The van der Waals surface area contributed by atoms with E-state index in [4.69, 9.17) is 5.10 Å². The van der Waals surface area contributed by atoms with Crippen molar-refractivity contribution in [2.75, 3.05) is 5.32 Å². The van der Waals surface area contributed by atoms with Crippen LogP contribution in [0.25, 0.3) is 10.9 Å². The van der Waals surface area contributed by atoms with Crippen molar-refractivity contribution in [3.8, 4) is 6.07 Å². The van der Waals surface area contributed by atoms with Gasteiger partial charge in [-0.2, -0.15) is 10.4 Å². The Kier molecular flexibility index (Phi) is 4.00. The van der Waals surface area contributed by atoms with Gasteiger partial charge in [0, 0.05) is 24.7 Å². The van der Waals surface area contributed by atoms with Gasteiger partial charge in [-0.15, -0.1) is 0 Å². The summed E-state index contributed by atoms with van der Waals surface area (Å²) in [6, 6.07) is 10.1. The van der Waals surface area contributed by atoms with Crippen LogP contribution in [-0.4, -0.2) is 25.5 Å². The number of pyridine rings is 1. The lowest BCUT2D eigenvalue weighted by Crippen LogP contribution is -2.23. The van der Waals surface area contributed by atoms with Crippen LogP contribution in [0, 0.1) is 17.2 Å². The third kappa shape index (κ3) is 3.19. The van der Waals surface area contributed by atoms with E-state index in [1.54, 1.807) is 6.20 Å². The van der Waals surface area contributed by atoms with Crippen molar-refractivity contribution in [2.45, 2.75) is 50.7 Å². The van der Waals surface area contributed by atoms with Gasteiger partial charge in [-0.3, -0.25) is 9.48 Å². The average Bonchev–Trinajstić information content (AvgIpc) is 3.37. The molecule has 7 heteroatoms. The summed E-state index contributed by atoms with van der Waals surface area (Å²) in [5.74, 6) is 0.933. The summed E-state index contributed by atoms with van der Waals surface area (Å²) in [4.78, 5) is 15.3. The molecule has 3 aromatic rings. The van der Waals surface area contributed by atoms with Crippen molar-refractivity contribution in [1.29, 1.82) is 5.26 Å². The highest BCUT2D eigenvalue weighted by Crippen LogP contribution is 2.43. The molecule has 0 bridgehead atoms. The van der Waals surface area contributed by atoms with Gasteiger partial charge < -0.3 is 15.4 Å². The van der Waals surface area contributed by atoms with Crippen molar-refractivity contribution in [2.24, 2.45) is 5.92 Å². The molecule has 5 rings (SSSR count). The Balaban J connectivity index is 1.56. The van der Waals surface area contributed by atoms with Crippen LogP contribution in [0.4, 0.5) is 11.5 Å². The van der Waals surface area contributed by atoms with E-state index in [1.807, 2.05) is 35.9 Å². The van der Waals surface area contributed by atoms with E-state index in [0.717, 1.165) is 35.2 Å². The lowest BCUT2D eigenvalue weighted by Gasteiger charge is -2.14. The second-order valence-corrected chi connectivity index (χ2v) is 8.59. The summed E-state index contributed by atoms with van der Waals surface area (Å²) in [5.41, 5.74) is 2.93. The van der Waals surface area contributed by atoms with Crippen LogP contribution in [0.3, 0.4) is 0 Å². The Hall–Kier alpha value is -3.11. The molecule has 2 aromatic heterocycles. The molecule has 1 fully saturated rings. The van der Waals surface area contributed by atoms with Gasteiger partial charge in [0.25, 0.3) is 5.56 Å². The topological polar surface area (TPSA) is 107 Å². The first-order chi connectivity index (χ1) is 13.9. The molecule has 1 saturated carbocycles. The maximum absolute atomic E-state index is 12.6. The number of H-pyrrole nitrogens is 1. The molecular weight excluding hydrogens is 366 g/mol. The Morgan fingerprint density at radius 2 is 2.17 bits per heavy atom. The number of benzene rings is 1. The van der Waals surface area contributed by atoms with E-state index in [2.05, 4.69) is 16.4 Å². The van der Waals surface area contributed by atoms with Gasteiger partial charge in [-0.05, 0) is 55.0 Å². The number of aromatic nitrogens is 3. The van der Waals surface area contributed by atoms with Crippen LogP contribution in [0.1, 0.15) is 43.4 Å². The minimum atomic E-state index is -0.707. The minimum Gasteiger partial charge on any atom is -0.389 e. The molecule has 0 aliphatic heterocycles. The zero-order valence-corrected chi connectivity index (χ0v) is 16.3. The normalized spacial score (nSPS) is 21.7. The number of nitrogens with one attached hydrogen (secondary N) is 2. The van der Waals surface area contributed by atoms with E-state index >= 15 is 0 Å². The Bertz CT molecular complexity index is 1200. The summed E-state index contributed by atoms with van der Waals surface area (Å²) < 4.78 is 1.85. The number of hydrogen-bond donors (Lipinski definition) is 3. The van der Waals surface area contributed by atoms with Crippen LogP contribution in [0.5, 0.6) is 0 Å². The van der Waals surface area contributed by atoms with Gasteiger partial charge in [0.05, 0.1) is 29.6 Å². The van der Waals surface area contributed by atoms with E-state index in [9.17, 15) is 15.2 Å². The second kappa shape index (κ2) is 6.46. The number of aliphatic hydroxyl groups is 1. The SMILES string of the molecule is C[C@]1(O)Cc2ccc(Nc3nn(C(CC#N)C4CC4)c4cc[nH]c(=O)c34)cc2C1. The standard InChI is InChI=1S/C22H23N5O2/c1-22(29)11-14-4-5-16(10-15(14)12-22)25-20-19-18(7-9-24-21(19)28)27(26-20)17(6-8-23)13-2-3-13/h4-5,7,9-10,13,17,29H,2-3,6,11-12H2,1H3,(H,24,28)(H,25,26)/t17?,22-/m0/s1. The van der Waals surface area contributed by atoms with Gasteiger partial charge in [-0.1, -0.05) is 6.07 Å². The maximum Gasteiger partial charge on any atom is 0.261 e. The summed E-state index contributed by atoms with van der Waals surface area (Å²) in [5, 5.41) is 28.2. The number of nitrogens with zero attached hydrogens (tertiary/aromatic N) is 3. The zero-order valence-electron chi connectivity index (χ0n) is 16.3. The van der Waals surface area contributed by atoms with Gasteiger partial charge >= 0.3 is 0 Å². The fourth-order valence-corrected chi connectivity index (χ4v) is 4.53. The van der Waals surface area contributed by atoms with E-state index < -0.39 is 5.60 Å². The highest BCUT2D eigenvalue weighted by Gasteiger charge is 2.35. The highest BCUT2D eigenvalue weighted by molar-refractivity contribution is 5.91. The van der Waals surface area contributed by atoms with Crippen molar-refractivity contribution >= 4 is 22.4 Å². The van der Waals surface area contributed by atoms with Crippen molar-refractivity contribution < 1.29 is 5.11 Å². The van der Waals surface area contributed by atoms with Gasteiger partial charge in [-0.25, -0.2) is 0 Å².